The Morgan fingerprint density at radius 3 is 1.94 bits per heavy atom. The molecule has 0 bridgehead atoms. The van der Waals surface area contributed by atoms with Crippen LogP contribution in [-0.2, 0) is 27.3 Å². The lowest BCUT2D eigenvalue weighted by Crippen LogP contribution is -2.44. The van der Waals surface area contributed by atoms with Gasteiger partial charge >= 0.3 is 18.0 Å². The van der Waals surface area contributed by atoms with Gasteiger partial charge in [0, 0.05) is 6.42 Å². The van der Waals surface area contributed by atoms with Gasteiger partial charge in [0.2, 0.25) is 0 Å². The van der Waals surface area contributed by atoms with E-state index in [9.17, 15) is 19.5 Å². The fraction of sp³-hybridized carbons (Fsp3) is 0.250. The molecule has 0 aliphatic heterocycles. The molecule has 7 nitrogen and oxygen atoms in total. The number of carbonyl (C=O) groups is 3. The van der Waals surface area contributed by atoms with Gasteiger partial charge in [0.05, 0.1) is 5.56 Å². The van der Waals surface area contributed by atoms with Gasteiger partial charge < -0.3 is 19.9 Å². The van der Waals surface area contributed by atoms with Crippen molar-refractivity contribution in [1.82, 2.24) is 5.32 Å². The van der Waals surface area contributed by atoms with Crippen LogP contribution in [0.2, 0.25) is 0 Å². The number of nitrogens with one attached hydrogen (secondary N) is 1. The highest BCUT2D eigenvalue weighted by Gasteiger charge is 2.24. The maximum absolute atomic E-state index is 12.3. The molecule has 0 spiro atoms. The normalized spacial score (nSPS) is 11.9. The number of hydrogen-bond acceptors (Lipinski definition) is 5. The van der Waals surface area contributed by atoms with Gasteiger partial charge in [-0.2, -0.15) is 0 Å². The number of alkyl carbamates (subject to hydrolysis) is 1. The summed E-state index contributed by atoms with van der Waals surface area (Å²) in [7, 11) is 0. The van der Waals surface area contributed by atoms with E-state index in [0.29, 0.717) is 5.56 Å². The lowest BCUT2D eigenvalue weighted by Gasteiger charge is -2.22. The minimum absolute atomic E-state index is 0.112. The number of ether oxygens (including phenoxy) is 2. The van der Waals surface area contributed by atoms with Gasteiger partial charge in [0.25, 0.3) is 0 Å². The second-order valence-corrected chi connectivity index (χ2v) is 9.08. The minimum atomic E-state index is -1.14. The molecule has 0 unspecified atom stereocenters. The number of aliphatic carboxylic acids is 1. The highest BCUT2D eigenvalue weighted by molar-refractivity contribution is 5.90. The lowest BCUT2D eigenvalue weighted by molar-refractivity contribution is -0.139. The summed E-state index contributed by atoms with van der Waals surface area (Å²) >= 11 is 0. The summed E-state index contributed by atoms with van der Waals surface area (Å²) in [6.45, 7) is 5.34. The summed E-state index contributed by atoms with van der Waals surface area (Å²) in [5.74, 6) is -1.54. The van der Waals surface area contributed by atoms with Gasteiger partial charge in [-0.05, 0) is 55.2 Å². The van der Waals surface area contributed by atoms with Crippen LogP contribution in [0.15, 0.2) is 78.9 Å². The molecule has 3 aromatic carbocycles. The van der Waals surface area contributed by atoms with Crippen LogP contribution < -0.4 is 5.32 Å². The number of esters is 1. The van der Waals surface area contributed by atoms with Crippen LogP contribution in [0.1, 0.15) is 42.3 Å². The SMILES string of the molecule is CC(C)(C)OC(=O)N[C@@H](Cc1ccc(-c2ccc(C(=O)OCc3ccccc3)cc2)cc1)C(=O)O. The van der Waals surface area contributed by atoms with Crippen molar-refractivity contribution in [1.29, 1.82) is 0 Å². The van der Waals surface area contributed by atoms with Crippen molar-refractivity contribution in [3.8, 4) is 11.1 Å². The maximum atomic E-state index is 12.3. The quantitative estimate of drug-likeness (QED) is 0.433. The van der Waals surface area contributed by atoms with Crippen LogP contribution in [0.3, 0.4) is 0 Å². The first-order chi connectivity index (χ1) is 16.6. The van der Waals surface area contributed by atoms with Gasteiger partial charge in [-0.3, -0.25) is 0 Å². The molecule has 0 saturated heterocycles. The van der Waals surface area contributed by atoms with Crippen LogP contribution in [0.5, 0.6) is 0 Å². The van der Waals surface area contributed by atoms with E-state index in [4.69, 9.17) is 9.47 Å². The van der Waals surface area contributed by atoms with Crippen LogP contribution >= 0.6 is 0 Å². The molecule has 1 atom stereocenters. The molecule has 0 heterocycles. The number of rotatable bonds is 8. The molecule has 0 aliphatic rings. The molecule has 0 radical (unpaired) electrons. The summed E-state index contributed by atoms with van der Waals surface area (Å²) in [4.78, 5) is 35.9. The van der Waals surface area contributed by atoms with Crippen molar-refractivity contribution in [3.63, 3.8) is 0 Å². The van der Waals surface area contributed by atoms with Crippen molar-refractivity contribution in [2.75, 3.05) is 0 Å². The molecule has 0 fully saturated rings. The number of carboxylic acids is 1. The Hall–Kier alpha value is -4.13. The third-order valence-corrected chi connectivity index (χ3v) is 5.05. The summed E-state index contributed by atoms with van der Waals surface area (Å²) in [6.07, 6.45) is -0.662. The molecular formula is C28H29NO6. The minimum Gasteiger partial charge on any atom is -0.480 e. The molecule has 0 aliphatic carbocycles. The molecule has 7 heteroatoms. The fourth-order valence-electron chi connectivity index (χ4n) is 3.32. The number of amides is 1. The molecule has 35 heavy (non-hydrogen) atoms. The molecule has 0 aromatic heterocycles. The molecular weight excluding hydrogens is 446 g/mol. The van der Waals surface area contributed by atoms with Gasteiger partial charge in [-0.15, -0.1) is 0 Å². The Balaban J connectivity index is 1.59. The zero-order valence-electron chi connectivity index (χ0n) is 20.0. The smallest absolute Gasteiger partial charge is 0.408 e. The monoisotopic (exact) mass is 475 g/mol. The van der Waals surface area contributed by atoms with Gasteiger partial charge in [-0.1, -0.05) is 66.7 Å². The average molecular weight is 476 g/mol. The summed E-state index contributed by atoms with van der Waals surface area (Å²) < 4.78 is 10.5. The molecule has 182 valence electrons. The fourth-order valence-corrected chi connectivity index (χ4v) is 3.32. The summed E-state index contributed by atoms with van der Waals surface area (Å²) in [5.41, 5.74) is 3.21. The van der Waals surface area contributed by atoms with Crippen LogP contribution in [-0.4, -0.2) is 34.8 Å². The summed E-state index contributed by atoms with van der Waals surface area (Å²) in [6, 6.07) is 22.8. The van der Waals surface area contributed by atoms with E-state index in [1.807, 2.05) is 66.7 Å². The topological polar surface area (TPSA) is 102 Å². The maximum Gasteiger partial charge on any atom is 0.408 e. The largest absolute Gasteiger partial charge is 0.480 e. The van der Waals surface area contributed by atoms with Crippen molar-refractivity contribution < 1.29 is 29.0 Å². The Bertz CT molecular complexity index is 1150. The van der Waals surface area contributed by atoms with E-state index in [1.165, 1.54) is 0 Å². The van der Waals surface area contributed by atoms with E-state index in [0.717, 1.165) is 22.3 Å². The number of carboxylic acid groups (broad SMARTS) is 1. The van der Waals surface area contributed by atoms with E-state index < -0.39 is 29.7 Å². The van der Waals surface area contributed by atoms with Gasteiger partial charge in [-0.25, -0.2) is 14.4 Å². The highest BCUT2D eigenvalue weighted by Crippen LogP contribution is 2.21. The number of carbonyl (C=O) groups excluding carboxylic acids is 2. The first-order valence-corrected chi connectivity index (χ1v) is 11.2. The average Bonchev–Trinajstić information content (AvgIpc) is 2.82. The van der Waals surface area contributed by atoms with Crippen molar-refractivity contribution in [2.45, 2.75) is 45.4 Å². The zero-order valence-corrected chi connectivity index (χ0v) is 20.0. The highest BCUT2D eigenvalue weighted by atomic mass is 16.6. The van der Waals surface area contributed by atoms with Gasteiger partial charge in [0.15, 0.2) is 0 Å². The van der Waals surface area contributed by atoms with E-state index in [-0.39, 0.29) is 13.0 Å². The van der Waals surface area contributed by atoms with Crippen molar-refractivity contribution in [3.05, 3.63) is 95.6 Å². The van der Waals surface area contributed by atoms with E-state index >= 15 is 0 Å². The second kappa shape index (κ2) is 11.3. The Kier molecular flexibility index (Phi) is 8.25. The second-order valence-electron chi connectivity index (χ2n) is 9.08. The zero-order chi connectivity index (χ0) is 25.4. The van der Waals surface area contributed by atoms with Crippen molar-refractivity contribution >= 4 is 18.0 Å². The standard InChI is InChI=1S/C28H29NO6/c1-28(2,3)35-27(33)29-24(25(30)31)17-19-9-11-21(12-10-19)22-13-15-23(16-14-22)26(32)34-18-20-7-5-4-6-8-20/h4-16,24H,17-18H2,1-3H3,(H,29,33)(H,30,31)/t24-/m0/s1. The first kappa shape index (κ1) is 25.5. The van der Waals surface area contributed by atoms with Crippen LogP contribution in [0, 0.1) is 0 Å². The molecule has 1 amide bonds. The van der Waals surface area contributed by atoms with Crippen molar-refractivity contribution in [2.24, 2.45) is 0 Å². The van der Waals surface area contributed by atoms with E-state index in [2.05, 4.69) is 5.32 Å². The molecule has 2 N–H and O–H groups in total. The lowest BCUT2D eigenvalue weighted by atomic mass is 10.00. The molecule has 0 saturated carbocycles. The molecule has 3 rings (SSSR count). The number of hydrogen-bond donors (Lipinski definition) is 2. The van der Waals surface area contributed by atoms with Crippen LogP contribution in [0.25, 0.3) is 11.1 Å². The van der Waals surface area contributed by atoms with E-state index in [1.54, 1.807) is 32.9 Å². The third kappa shape index (κ3) is 7.99. The Labute approximate surface area is 204 Å². The summed E-state index contributed by atoms with van der Waals surface area (Å²) in [5, 5.41) is 11.9. The predicted molar refractivity (Wildman–Crippen MR) is 132 cm³/mol. The Morgan fingerprint density at radius 1 is 0.829 bits per heavy atom. The first-order valence-electron chi connectivity index (χ1n) is 11.2. The van der Waals surface area contributed by atoms with Crippen LogP contribution in [0.4, 0.5) is 4.79 Å². The van der Waals surface area contributed by atoms with Gasteiger partial charge in [0.1, 0.15) is 18.2 Å². The molecule has 3 aromatic rings. The third-order valence-electron chi connectivity index (χ3n) is 5.05. The predicted octanol–water partition coefficient (Wildman–Crippen LogP) is 5.23. The Morgan fingerprint density at radius 2 is 1.40 bits per heavy atom. The number of benzene rings is 3.